The van der Waals surface area contributed by atoms with Crippen molar-refractivity contribution in [1.82, 2.24) is 4.57 Å². The fourth-order valence-electron chi connectivity index (χ4n) is 1.95. The molecular weight excluding hydrogens is 262 g/mol. The van der Waals surface area contributed by atoms with Crippen molar-refractivity contribution < 1.29 is 12.6 Å². The third-order valence-corrected chi connectivity index (χ3v) is 4.10. The Morgan fingerprint density at radius 3 is 2.68 bits per heavy atom. The second-order valence-corrected chi connectivity index (χ2v) is 5.98. The zero-order valence-electron chi connectivity index (χ0n) is 10.8. The van der Waals surface area contributed by atoms with Crippen LogP contribution >= 0.6 is 0 Å². The highest BCUT2D eigenvalue weighted by molar-refractivity contribution is 7.87. The third kappa shape index (κ3) is 2.65. The van der Waals surface area contributed by atoms with E-state index in [0.29, 0.717) is 11.9 Å². The first kappa shape index (κ1) is 13.7. The maximum Gasteiger partial charge on any atom is 0.299 e. The highest BCUT2D eigenvalue weighted by atomic mass is 32.2. The molecule has 1 heterocycles. The van der Waals surface area contributed by atoms with Gasteiger partial charge in [0.15, 0.2) is 0 Å². The first-order valence-electron chi connectivity index (χ1n) is 5.90. The maximum atomic E-state index is 12.2. The lowest BCUT2D eigenvalue weighted by molar-refractivity contribution is 0.249. The molecule has 0 amide bonds. The van der Waals surface area contributed by atoms with Crippen LogP contribution in [-0.2, 0) is 20.8 Å². The van der Waals surface area contributed by atoms with Crippen molar-refractivity contribution in [2.75, 3.05) is 0 Å². The molecule has 0 saturated heterocycles. The van der Waals surface area contributed by atoms with Gasteiger partial charge in [-0.15, -0.1) is 6.42 Å². The lowest BCUT2D eigenvalue weighted by Crippen LogP contribution is -2.12. The monoisotopic (exact) mass is 277 g/mol. The van der Waals surface area contributed by atoms with Crippen molar-refractivity contribution in [2.24, 2.45) is 0 Å². The Balaban J connectivity index is 2.65. The fraction of sp³-hybridized carbons (Fsp3) is 0.286. The van der Waals surface area contributed by atoms with Crippen molar-refractivity contribution in [2.45, 2.75) is 31.4 Å². The first-order valence-corrected chi connectivity index (χ1v) is 7.31. The van der Waals surface area contributed by atoms with Gasteiger partial charge in [0, 0.05) is 11.6 Å². The molecule has 100 valence electrons. The van der Waals surface area contributed by atoms with Gasteiger partial charge >= 0.3 is 0 Å². The van der Waals surface area contributed by atoms with Gasteiger partial charge < -0.3 is 4.57 Å². The summed E-state index contributed by atoms with van der Waals surface area (Å²) in [6.45, 7) is 3.67. The number of aromatic nitrogens is 1. The molecule has 4 nitrogen and oxygen atoms in total. The van der Waals surface area contributed by atoms with Gasteiger partial charge in [-0.3, -0.25) is 4.18 Å². The lowest BCUT2D eigenvalue weighted by atomic mass is 10.2. The maximum absolute atomic E-state index is 12.2. The van der Waals surface area contributed by atoms with E-state index < -0.39 is 16.2 Å². The summed E-state index contributed by atoms with van der Waals surface area (Å²) in [5.74, 6) is 2.51. The summed E-state index contributed by atoms with van der Waals surface area (Å²) in [5, 5.41) is 0.624. The molecule has 0 fully saturated rings. The topological polar surface area (TPSA) is 48.3 Å². The predicted octanol–water partition coefficient (Wildman–Crippen LogP) is 2.39. The van der Waals surface area contributed by atoms with Gasteiger partial charge in [-0.05, 0) is 19.9 Å². The summed E-state index contributed by atoms with van der Waals surface area (Å²) in [5.41, 5.74) is 0.784. The van der Waals surface area contributed by atoms with Gasteiger partial charge in [0.1, 0.15) is 4.90 Å². The van der Waals surface area contributed by atoms with Gasteiger partial charge in [-0.1, -0.05) is 24.1 Å². The zero-order chi connectivity index (χ0) is 14.0. The summed E-state index contributed by atoms with van der Waals surface area (Å²) < 4.78 is 31.1. The summed E-state index contributed by atoms with van der Waals surface area (Å²) in [4.78, 5) is 0.159. The highest BCUT2D eigenvalue weighted by Gasteiger charge is 2.22. The van der Waals surface area contributed by atoms with E-state index in [4.69, 9.17) is 10.6 Å². The van der Waals surface area contributed by atoms with Crippen LogP contribution in [0.1, 0.15) is 13.8 Å². The SMILES string of the molecule is C#CCn1cc(S(=O)(=O)OC(C)C)c2ccccc21. The molecule has 2 rings (SSSR count). The van der Waals surface area contributed by atoms with E-state index in [1.54, 1.807) is 30.5 Å². The van der Waals surface area contributed by atoms with E-state index in [2.05, 4.69) is 5.92 Å². The van der Waals surface area contributed by atoms with Gasteiger partial charge in [0.05, 0.1) is 18.2 Å². The van der Waals surface area contributed by atoms with Gasteiger partial charge in [-0.2, -0.15) is 8.42 Å². The normalized spacial score (nSPS) is 11.9. The summed E-state index contributed by atoms with van der Waals surface area (Å²) >= 11 is 0. The lowest BCUT2D eigenvalue weighted by Gasteiger charge is -2.06. The molecule has 0 atom stereocenters. The minimum absolute atomic E-state index is 0.159. The number of benzene rings is 1. The van der Waals surface area contributed by atoms with Gasteiger partial charge in [0.25, 0.3) is 10.1 Å². The molecule has 0 unspecified atom stereocenters. The Bertz CT molecular complexity index is 736. The van der Waals surface area contributed by atoms with Crippen LogP contribution in [0.5, 0.6) is 0 Å². The fourth-order valence-corrected chi connectivity index (χ4v) is 3.26. The molecule has 0 aliphatic heterocycles. The minimum Gasteiger partial charge on any atom is -0.334 e. The van der Waals surface area contributed by atoms with Crippen molar-refractivity contribution in [3.8, 4) is 12.3 Å². The van der Waals surface area contributed by atoms with Crippen LogP contribution in [0.3, 0.4) is 0 Å². The van der Waals surface area contributed by atoms with Gasteiger partial charge in [-0.25, -0.2) is 0 Å². The second-order valence-electron chi connectivity index (χ2n) is 4.44. The summed E-state index contributed by atoms with van der Waals surface area (Å²) in [6.07, 6.45) is 6.43. The Kier molecular flexibility index (Phi) is 3.65. The molecule has 0 aliphatic rings. The van der Waals surface area contributed by atoms with E-state index in [0.717, 1.165) is 5.52 Å². The molecule has 2 aromatic rings. The van der Waals surface area contributed by atoms with Crippen LogP contribution in [0, 0.1) is 12.3 Å². The number of fused-ring (bicyclic) bond motifs is 1. The Hall–Kier alpha value is -1.77. The van der Waals surface area contributed by atoms with Crippen molar-refractivity contribution in [3.05, 3.63) is 30.5 Å². The van der Waals surface area contributed by atoms with E-state index in [-0.39, 0.29) is 4.90 Å². The van der Waals surface area contributed by atoms with E-state index >= 15 is 0 Å². The van der Waals surface area contributed by atoms with Crippen molar-refractivity contribution in [1.29, 1.82) is 0 Å². The number of nitrogens with zero attached hydrogens (tertiary/aromatic N) is 1. The summed E-state index contributed by atoms with van der Waals surface area (Å²) in [7, 11) is -3.77. The zero-order valence-corrected chi connectivity index (χ0v) is 11.6. The van der Waals surface area contributed by atoms with E-state index in [1.165, 1.54) is 6.20 Å². The second kappa shape index (κ2) is 5.08. The van der Waals surface area contributed by atoms with Crippen LogP contribution in [0.15, 0.2) is 35.4 Å². The highest BCUT2D eigenvalue weighted by Crippen LogP contribution is 2.27. The smallest absolute Gasteiger partial charge is 0.299 e. The van der Waals surface area contributed by atoms with E-state index in [1.807, 2.05) is 12.1 Å². The quantitative estimate of drug-likeness (QED) is 0.637. The number of hydrogen-bond donors (Lipinski definition) is 0. The molecule has 0 aliphatic carbocycles. The van der Waals surface area contributed by atoms with E-state index in [9.17, 15) is 8.42 Å². The molecule has 1 aromatic carbocycles. The van der Waals surface area contributed by atoms with Crippen LogP contribution in [0.2, 0.25) is 0 Å². The molecule has 0 radical (unpaired) electrons. The van der Waals surface area contributed by atoms with Crippen molar-refractivity contribution >= 4 is 21.0 Å². The Morgan fingerprint density at radius 2 is 2.05 bits per heavy atom. The van der Waals surface area contributed by atoms with Gasteiger partial charge in [0.2, 0.25) is 0 Å². The molecule has 1 aromatic heterocycles. The average molecular weight is 277 g/mol. The van der Waals surface area contributed by atoms with Crippen LogP contribution in [-0.4, -0.2) is 19.1 Å². The largest absolute Gasteiger partial charge is 0.334 e. The molecule has 0 bridgehead atoms. The minimum atomic E-state index is -3.77. The van der Waals surface area contributed by atoms with Crippen molar-refractivity contribution in [3.63, 3.8) is 0 Å². The predicted molar refractivity (Wildman–Crippen MR) is 74.2 cm³/mol. The summed E-state index contributed by atoms with van der Waals surface area (Å²) in [6, 6.07) is 7.21. The standard InChI is InChI=1S/C14H15NO3S/c1-4-9-15-10-14(19(16,17)18-11(2)3)12-7-5-6-8-13(12)15/h1,5-8,10-11H,9H2,2-3H3. The van der Waals surface area contributed by atoms with Crippen LogP contribution < -0.4 is 0 Å². The number of rotatable bonds is 4. The number of hydrogen-bond acceptors (Lipinski definition) is 3. The molecule has 0 saturated carbocycles. The molecule has 0 N–H and O–H groups in total. The molecule has 0 spiro atoms. The molecule has 19 heavy (non-hydrogen) atoms. The van der Waals surface area contributed by atoms with Crippen LogP contribution in [0.25, 0.3) is 10.9 Å². The molecule has 5 heteroatoms. The Morgan fingerprint density at radius 1 is 1.37 bits per heavy atom. The third-order valence-electron chi connectivity index (χ3n) is 2.60. The number of para-hydroxylation sites is 1. The Labute approximate surface area is 113 Å². The molecular formula is C14H15NO3S. The number of terminal acetylenes is 1. The first-order chi connectivity index (χ1) is 8.95. The average Bonchev–Trinajstić information content (AvgIpc) is 2.68. The van der Waals surface area contributed by atoms with Crippen LogP contribution in [0.4, 0.5) is 0 Å².